The van der Waals surface area contributed by atoms with Gasteiger partial charge in [0.1, 0.15) is 11.5 Å². The number of nitrogens with zero attached hydrogens (tertiary/aromatic N) is 2. The van der Waals surface area contributed by atoms with E-state index in [4.69, 9.17) is 33.2 Å². The molecule has 0 amide bonds. The summed E-state index contributed by atoms with van der Waals surface area (Å²) >= 11 is 0. The number of fused-ring (bicyclic) bond motifs is 5. The number of benzene rings is 2. The van der Waals surface area contributed by atoms with Crippen LogP contribution in [0.4, 0.5) is 0 Å². The molecule has 232 valence electrons. The summed E-state index contributed by atoms with van der Waals surface area (Å²) in [6, 6.07) is 13.5. The van der Waals surface area contributed by atoms with Crippen molar-refractivity contribution in [3.63, 3.8) is 0 Å². The number of Topliss-reactive ketones (excluding diaryl/α,β-unsaturated/α-hetero) is 2. The van der Waals surface area contributed by atoms with Gasteiger partial charge in [-0.15, -0.1) is 0 Å². The topological polar surface area (TPSA) is 190 Å². The van der Waals surface area contributed by atoms with E-state index in [-0.39, 0.29) is 66.8 Å². The van der Waals surface area contributed by atoms with Crippen molar-refractivity contribution >= 4 is 11.6 Å². The van der Waals surface area contributed by atoms with Crippen LogP contribution in [0.1, 0.15) is 44.7 Å². The molecule has 1 saturated carbocycles. The van der Waals surface area contributed by atoms with Crippen molar-refractivity contribution in [3.05, 3.63) is 58.7 Å². The molecule has 0 bridgehead atoms. The zero-order valence-corrected chi connectivity index (χ0v) is 24.3. The van der Waals surface area contributed by atoms with E-state index in [9.17, 15) is 20.7 Å². The number of ketones is 2. The largest absolute Gasteiger partial charge is 0.467 e. The van der Waals surface area contributed by atoms with Gasteiger partial charge in [0.05, 0.1) is 47.8 Å². The molecule has 2 aromatic rings. The first-order chi connectivity index (χ1) is 21.7. The fraction of sp³-hybridized carbons (Fsp3) is 0.500. The molecule has 45 heavy (non-hydrogen) atoms. The molecular weight excluding hydrogens is 588 g/mol. The van der Waals surface area contributed by atoms with E-state index in [2.05, 4.69) is 12.1 Å². The van der Waals surface area contributed by atoms with Gasteiger partial charge < -0.3 is 43.4 Å². The molecule has 3 saturated heterocycles. The third-order valence-electron chi connectivity index (χ3n) is 10.8. The van der Waals surface area contributed by atoms with Crippen LogP contribution in [0.3, 0.4) is 0 Å². The van der Waals surface area contributed by atoms with E-state index in [0.717, 1.165) is 0 Å². The van der Waals surface area contributed by atoms with Crippen molar-refractivity contribution in [1.29, 1.82) is 10.5 Å². The lowest BCUT2D eigenvalue weighted by Gasteiger charge is -2.53. The summed E-state index contributed by atoms with van der Waals surface area (Å²) < 4.78 is 40.9. The van der Waals surface area contributed by atoms with Crippen molar-refractivity contribution in [2.75, 3.05) is 34.4 Å². The number of epoxide rings is 1. The summed E-state index contributed by atoms with van der Waals surface area (Å²) in [7, 11) is 2.83. The number of carbonyl (C=O) groups excluding carboxylic acids is 2. The summed E-state index contributed by atoms with van der Waals surface area (Å²) in [6.45, 7) is -0.627. The first-order valence-electron chi connectivity index (χ1n) is 14.5. The maximum atomic E-state index is 15.2. The molecule has 2 N–H and O–H groups in total. The molecule has 0 aromatic heterocycles. The highest BCUT2D eigenvalue weighted by Crippen LogP contribution is 2.90. The van der Waals surface area contributed by atoms with Crippen LogP contribution in [-0.2, 0) is 35.3 Å². The molecule has 3 aliphatic carbocycles. The maximum absolute atomic E-state index is 15.2. The van der Waals surface area contributed by atoms with Gasteiger partial charge in [0.25, 0.3) is 0 Å². The average molecular weight is 617 g/mol. The smallest absolute Gasteiger partial charge is 0.227 e. The van der Waals surface area contributed by atoms with E-state index in [0.29, 0.717) is 0 Å². The lowest BCUT2D eigenvalue weighted by atomic mass is 9.50. The second kappa shape index (κ2) is 9.09. The normalized spacial score (nSPS) is 40.7. The SMILES string of the molecule is COCOc1cccc2c1C(=O)[C@H]1[C@@H]3C(CC#N)O[C@]4(O)c5cccc(OCOC)c5C(=O)[C@]5(O[C@]354)[C@]13C(CC#N)COC23O. The standard InChI is InChI=1S/C32H28N2O11/c1-39-14-41-19-7-3-5-17-22(19)26(35)25-24-21(10-12-34)44-32(38)18-6-4-8-20(42-15-40-2)23(18)27(36)30(29(24,32)45-30)28(25)16(9-11-33)13-43-31(17,28)37/h3-8,16,21,24-25,37-38H,9-10,13-15H2,1-2H3/t16?,21?,24-,25+,28-,29+,30-,31?,32+/m0/s1. The first-order valence-corrected chi connectivity index (χ1v) is 14.5. The van der Waals surface area contributed by atoms with E-state index in [1.165, 1.54) is 32.4 Å². The van der Waals surface area contributed by atoms with Crippen LogP contribution < -0.4 is 9.47 Å². The molecule has 8 rings (SSSR count). The number of carbonyl (C=O) groups is 2. The number of aliphatic hydroxyl groups is 2. The van der Waals surface area contributed by atoms with Crippen LogP contribution in [0.2, 0.25) is 0 Å². The molecule has 3 unspecified atom stereocenters. The summed E-state index contributed by atoms with van der Waals surface area (Å²) in [6.07, 6.45) is -1.59. The molecule has 4 fully saturated rings. The Balaban J connectivity index is 1.48. The summed E-state index contributed by atoms with van der Waals surface area (Å²) in [5, 5.41) is 45.6. The van der Waals surface area contributed by atoms with E-state index in [1.54, 1.807) is 18.2 Å². The monoisotopic (exact) mass is 616 g/mol. The molecule has 2 spiro atoms. The predicted octanol–water partition coefficient (Wildman–Crippen LogP) is 1.65. The van der Waals surface area contributed by atoms with Crippen LogP contribution in [0.15, 0.2) is 36.4 Å². The van der Waals surface area contributed by atoms with Crippen LogP contribution in [0, 0.1) is 45.8 Å². The highest BCUT2D eigenvalue weighted by atomic mass is 16.7. The second-order valence-corrected chi connectivity index (χ2v) is 12.2. The Hall–Kier alpha value is -3.92. The summed E-state index contributed by atoms with van der Waals surface area (Å²) in [5.41, 5.74) is -5.91. The number of ether oxygens (including phenoxy) is 7. The van der Waals surface area contributed by atoms with Gasteiger partial charge in [-0.1, -0.05) is 24.3 Å². The molecule has 3 aliphatic heterocycles. The first kappa shape index (κ1) is 28.5. The predicted molar refractivity (Wildman–Crippen MR) is 145 cm³/mol. The Morgan fingerprint density at radius 3 is 2.16 bits per heavy atom. The minimum absolute atomic E-state index is 0.0151. The number of rotatable bonds is 8. The fourth-order valence-corrected chi connectivity index (χ4v) is 9.63. The minimum atomic E-state index is -2.36. The lowest BCUT2D eigenvalue weighted by molar-refractivity contribution is -0.270. The van der Waals surface area contributed by atoms with E-state index >= 15 is 9.59 Å². The molecule has 6 aliphatic rings. The van der Waals surface area contributed by atoms with Gasteiger partial charge >= 0.3 is 0 Å². The van der Waals surface area contributed by atoms with Crippen molar-refractivity contribution in [3.8, 4) is 23.6 Å². The van der Waals surface area contributed by atoms with Gasteiger partial charge in [-0.2, -0.15) is 10.5 Å². The zero-order chi connectivity index (χ0) is 31.6. The van der Waals surface area contributed by atoms with Crippen LogP contribution in [0.5, 0.6) is 11.5 Å². The van der Waals surface area contributed by atoms with E-state index < -0.39 is 63.6 Å². The van der Waals surface area contributed by atoms with Gasteiger partial charge in [-0.05, 0) is 12.1 Å². The fourth-order valence-electron chi connectivity index (χ4n) is 9.63. The molecule has 0 radical (unpaired) electrons. The van der Waals surface area contributed by atoms with Crippen molar-refractivity contribution in [2.24, 2.45) is 23.2 Å². The molecule has 2 aromatic carbocycles. The lowest BCUT2D eigenvalue weighted by Crippen LogP contribution is -2.66. The van der Waals surface area contributed by atoms with Gasteiger partial charge in [0.2, 0.25) is 17.4 Å². The third kappa shape index (κ3) is 2.76. The van der Waals surface area contributed by atoms with Gasteiger partial charge in [0, 0.05) is 49.5 Å². The van der Waals surface area contributed by atoms with Gasteiger partial charge in [-0.3, -0.25) is 9.59 Å². The van der Waals surface area contributed by atoms with Crippen LogP contribution in [-0.4, -0.2) is 73.5 Å². The Kier molecular flexibility index (Phi) is 5.76. The Bertz CT molecular complexity index is 1770. The molecule has 13 heteroatoms. The van der Waals surface area contributed by atoms with Crippen LogP contribution >= 0.6 is 0 Å². The molecule has 3 heterocycles. The summed E-state index contributed by atoms with van der Waals surface area (Å²) in [5.74, 6) is -9.01. The number of hydrogen-bond donors (Lipinski definition) is 2. The highest BCUT2D eigenvalue weighted by molar-refractivity contribution is 6.15. The molecule has 9 atom stereocenters. The van der Waals surface area contributed by atoms with Crippen molar-refractivity contribution in [1.82, 2.24) is 0 Å². The molecule has 13 nitrogen and oxygen atoms in total. The summed E-state index contributed by atoms with van der Waals surface area (Å²) in [4.78, 5) is 30.2. The number of nitriles is 2. The van der Waals surface area contributed by atoms with Crippen molar-refractivity contribution in [2.45, 2.75) is 41.7 Å². The third-order valence-corrected chi connectivity index (χ3v) is 10.8. The zero-order valence-electron chi connectivity index (χ0n) is 24.3. The Morgan fingerprint density at radius 1 is 0.911 bits per heavy atom. The minimum Gasteiger partial charge on any atom is -0.467 e. The Labute approximate surface area is 256 Å². The van der Waals surface area contributed by atoms with E-state index in [1.807, 2.05) is 0 Å². The maximum Gasteiger partial charge on any atom is 0.227 e. The highest BCUT2D eigenvalue weighted by Gasteiger charge is 3.07. The Morgan fingerprint density at radius 2 is 1.53 bits per heavy atom. The number of hydrogen-bond acceptors (Lipinski definition) is 13. The van der Waals surface area contributed by atoms with Gasteiger partial charge in [0.15, 0.2) is 30.6 Å². The average Bonchev–Trinajstić information content (AvgIpc) is 3.48. The molecular formula is C32H28N2O11. The van der Waals surface area contributed by atoms with Crippen LogP contribution in [0.25, 0.3) is 0 Å². The van der Waals surface area contributed by atoms with Crippen molar-refractivity contribution < 1.29 is 53.0 Å². The van der Waals surface area contributed by atoms with Gasteiger partial charge in [-0.25, -0.2) is 0 Å². The quantitative estimate of drug-likeness (QED) is 0.322. The number of methoxy groups -OCH3 is 2. The second-order valence-electron chi connectivity index (χ2n) is 12.2.